The number of nitrogens with zero attached hydrogens (tertiary/aromatic N) is 2. The number of carbonyl (C=O) groups excluding carboxylic acids is 2. The van der Waals surface area contributed by atoms with Crippen LogP contribution in [0.2, 0.25) is 0 Å². The van der Waals surface area contributed by atoms with Crippen LogP contribution in [0.15, 0.2) is 41.4 Å². The Labute approximate surface area is 192 Å². The Hall–Kier alpha value is -3.00. The van der Waals surface area contributed by atoms with Crippen molar-refractivity contribution in [2.75, 3.05) is 24.0 Å². The van der Waals surface area contributed by atoms with Crippen LogP contribution in [0.1, 0.15) is 43.2 Å². The highest BCUT2D eigenvalue weighted by Gasteiger charge is 2.25. The summed E-state index contributed by atoms with van der Waals surface area (Å²) in [4.78, 5) is 30.5. The molecule has 3 rings (SSSR count). The van der Waals surface area contributed by atoms with Crippen LogP contribution in [0.4, 0.5) is 11.4 Å². The topological polar surface area (TPSA) is 85.2 Å². The Kier molecular flexibility index (Phi) is 7.80. The predicted octanol–water partition coefficient (Wildman–Crippen LogP) is 5.16. The normalized spacial score (nSPS) is 11.1. The first-order valence-corrected chi connectivity index (χ1v) is 11.8. The molecular weight excluding hydrogens is 424 g/mol. The van der Waals surface area contributed by atoms with Gasteiger partial charge in [0.2, 0.25) is 5.91 Å². The fourth-order valence-electron chi connectivity index (χ4n) is 3.49. The highest BCUT2D eigenvalue weighted by molar-refractivity contribution is 7.98. The fourth-order valence-corrected chi connectivity index (χ4v) is 3.89. The number of amides is 1. The van der Waals surface area contributed by atoms with Gasteiger partial charge in [-0.3, -0.25) is 4.79 Å². The standard InChI is InChI=1S/C24H30N4O3S/c1-15(2)10-11-28-22(24(30)31-4)21(27-16(3)29)20-12-18(14-26-23(20)28)25-13-17-6-8-19(32-5)9-7-17/h6-9,12,14-15,25H,10-11,13H2,1-5H3,(H,27,29). The Bertz CT molecular complexity index is 1110. The van der Waals surface area contributed by atoms with Gasteiger partial charge in [-0.2, -0.15) is 0 Å². The van der Waals surface area contributed by atoms with Crippen LogP contribution in [0.3, 0.4) is 0 Å². The zero-order valence-electron chi connectivity index (χ0n) is 19.2. The van der Waals surface area contributed by atoms with E-state index in [0.717, 1.165) is 17.7 Å². The van der Waals surface area contributed by atoms with Gasteiger partial charge in [-0.25, -0.2) is 9.78 Å². The molecule has 2 heterocycles. The van der Waals surface area contributed by atoms with Gasteiger partial charge in [0.15, 0.2) is 5.69 Å². The molecule has 0 fully saturated rings. The Morgan fingerprint density at radius 3 is 2.53 bits per heavy atom. The van der Waals surface area contributed by atoms with Crippen molar-refractivity contribution in [2.45, 2.75) is 45.2 Å². The Morgan fingerprint density at radius 1 is 1.22 bits per heavy atom. The van der Waals surface area contributed by atoms with Crippen molar-refractivity contribution in [3.63, 3.8) is 0 Å². The number of methoxy groups -OCH3 is 1. The third kappa shape index (κ3) is 5.43. The summed E-state index contributed by atoms with van der Waals surface area (Å²) < 4.78 is 6.88. The van der Waals surface area contributed by atoms with Crippen molar-refractivity contribution >= 4 is 46.0 Å². The smallest absolute Gasteiger partial charge is 0.356 e. The number of hydrogen-bond donors (Lipinski definition) is 2. The van der Waals surface area contributed by atoms with Gasteiger partial charge in [0.05, 0.1) is 24.7 Å². The first-order chi connectivity index (χ1) is 15.3. The second-order valence-corrected chi connectivity index (χ2v) is 8.91. The minimum atomic E-state index is -0.501. The SMILES string of the molecule is COC(=O)c1c(NC(C)=O)c2cc(NCc3ccc(SC)cc3)cnc2n1CCC(C)C. The van der Waals surface area contributed by atoms with Gasteiger partial charge in [0.1, 0.15) is 5.65 Å². The summed E-state index contributed by atoms with van der Waals surface area (Å²) in [6, 6.07) is 10.3. The minimum absolute atomic E-state index is 0.259. The van der Waals surface area contributed by atoms with Gasteiger partial charge in [0.25, 0.3) is 0 Å². The molecule has 0 aliphatic heterocycles. The third-order valence-electron chi connectivity index (χ3n) is 5.16. The van der Waals surface area contributed by atoms with Crippen LogP contribution in [0.5, 0.6) is 0 Å². The molecule has 0 aliphatic rings. The molecule has 7 nitrogen and oxygen atoms in total. The van der Waals surface area contributed by atoms with Crippen molar-refractivity contribution in [1.82, 2.24) is 9.55 Å². The lowest BCUT2D eigenvalue weighted by molar-refractivity contribution is -0.114. The summed E-state index contributed by atoms with van der Waals surface area (Å²) in [6.45, 7) is 6.90. The lowest BCUT2D eigenvalue weighted by atomic mass is 10.1. The molecule has 2 aromatic heterocycles. The van der Waals surface area contributed by atoms with Crippen LogP contribution in [0, 0.1) is 5.92 Å². The van der Waals surface area contributed by atoms with Gasteiger partial charge in [0, 0.05) is 30.3 Å². The predicted molar refractivity (Wildman–Crippen MR) is 130 cm³/mol. The van der Waals surface area contributed by atoms with E-state index in [1.165, 1.54) is 18.9 Å². The molecule has 32 heavy (non-hydrogen) atoms. The van der Waals surface area contributed by atoms with E-state index in [1.54, 1.807) is 18.0 Å². The van der Waals surface area contributed by atoms with Gasteiger partial charge < -0.3 is 19.9 Å². The third-order valence-corrected chi connectivity index (χ3v) is 5.91. The fraction of sp³-hybridized carbons (Fsp3) is 0.375. The summed E-state index contributed by atoms with van der Waals surface area (Å²) >= 11 is 1.71. The molecule has 1 amide bonds. The second-order valence-electron chi connectivity index (χ2n) is 8.03. The van der Waals surface area contributed by atoms with E-state index in [9.17, 15) is 9.59 Å². The van der Waals surface area contributed by atoms with Gasteiger partial charge >= 0.3 is 5.97 Å². The number of ether oxygens (including phenoxy) is 1. The Morgan fingerprint density at radius 2 is 1.94 bits per heavy atom. The lowest BCUT2D eigenvalue weighted by Crippen LogP contribution is -2.16. The maximum absolute atomic E-state index is 12.7. The number of rotatable bonds is 9. The number of fused-ring (bicyclic) bond motifs is 1. The molecule has 170 valence electrons. The number of aromatic nitrogens is 2. The van der Waals surface area contributed by atoms with Crippen molar-refractivity contribution in [2.24, 2.45) is 5.92 Å². The molecular formula is C24H30N4O3S. The number of thioether (sulfide) groups is 1. The van der Waals surface area contributed by atoms with Gasteiger partial charge in [-0.05, 0) is 42.4 Å². The minimum Gasteiger partial charge on any atom is -0.464 e. The van der Waals surface area contributed by atoms with Crippen LogP contribution >= 0.6 is 11.8 Å². The molecule has 0 spiro atoms. The molecule has 0 bridgehead atoms. The molecule has 3 aromatic rings. The summed E-state index contributed by atoms with van der Waals surface area (Å²) in [5.41, 5.74) is 3.34. The van der Waals surface area contributed by atoms with Crippen molar-refractivity contribution in [1.29, 1.82) is 0 Å². The summed E-state index contributed by atoms with van der Waals surface area (Å²) in [5.74, 6) is -0.315. The molecule has 0 aliphatic carbocycles. The highest BCUT2D eigenvalue weighted by atomic mass is 32.2. The van der Waals surface area contributed by atoms with Crippen molar-refractivity contribution in [3.8, 4) is 0 Å². The molecule has 0 saturated heterocycles. The van der Waals surface area contributed by atoms with E-state index in [1.807, 2.05) is 10.6 Å². The number of benzene rings is 1. The van der Waals surface area contributed by atoms with E-state index >= 15 is 0 Å². The zero-order valence-corrected chi connectivity index (χ0v) is 20.0. The molecule has 0 unspecified atom stereocenters. The van der Waals surface area contributed by atoms with Crippen molar-refractivity contribution in [3.05, 3.63) is 47.8 Å². The van der Waals surface area contributed by atoms with E-state index in [2.05, 4.69) is 60.0 Å². The summed E-state index contributed by atoms with van der Waals surface area (Å²) in [6.07, 6.45) is 4.67. The van der Waals surface area contributed by atoms with Crippen LogP contribution in [-0.2, 0) is 22.6 Å². The summed E-state index contributed by atoms with van der Waals surface area (Å²) in [5, 5.41) is 6.91. The molecule has 0 saturated carbocycles. The average molecular weight is 455 g/mol. The maximum atomic E-state index is 12.7. The largest absolute Gasteiger partial charge is 0.464 e. The van der Waals surface area contributed by atoms with Crippen LogP contribution in [-0.4, -0.2) is 34.8 Å². The van der Waals surface area contributed by atoms with E-state index in [-0.39, 0.29) is 5.91 Å². The molecule has 0 radical (unpaired) electrons. The number of pyridine rings is 1. The number of hydrogen-bond acceptors (Lipinski definition) is 6. The monoisotopic (exact) mass is 454 g/mol. The van der Waals surface area contributed by atoms with Crippen molar-refractivity contribution < 1.29 is 14.3 Å². The zero-order chi connectivity index (χ0) is 23.3. The maximum Gasteiger partial charge on any atom is 0.356 e. The number of anilines is 2. The average Bonchev–Trinajstić information content (AvgIpc) is 3.08. The van der Waals surface area contributed by atoms with Gasteiger partial charge in [-0.1, -0.05) is 26.0 Å². The number of esters is 1. The lowest BCUT2D eigenvalue weighted by Gasteiger charge is -2.11. The highest BCUT2D eigenvalue weighted by Crippen LogP contribution is 2.33. The van der Waals surface area contributed by atoms with Gasteiger partial charge in [-0.15, -0.1) is 11.8 Å². The number of carbonyl (C=O) groups is 2. The van der Waals surface area contributed by atoms with E-state index < -0.39 is 5.97 Å². The molecule has 2 N–H and O–H groups in total. The first-order valence-electron chi connectivity index (χ1n) is 10.6. The molecule has 0 atom stereocenters. The quantitative estimate of drug-likeness (QED) is 0.343. The molecule has 1 aromatic carbocycles. The Balaban J connectivity index is 2.00. The molecule has 8 heteroatoms. The first kappa shape index (κ1) is 23.7. The van der Waals surface area contributed by atoms with E-state index in [0.29, 0.717) is 41.4 Å². The van der Waals surface area contributed by atoms with Crippen LogP contribution in [0.25, 0.3) is 11.0 Å². The second kappa shape index (κ2) is 10.5. The van der Waals surface area contributed by atoms with E-state index in [4.69, 9.17) is 4.74 Å². The summed E-state index contributed by atoms with van der Waals surface area (Å²) in [7, 11) is 1.34. The number of nitrogens with one attached hydrogen (secondary N) is 2. The van der Waals surface area contributed by atoms with Crippen LogP contribution < -0.4 is 10.6 Å². The number of aryl methyl sites for hydroxylation is 1.